The Balaban J connectivity index is 4.21. The topological polar surface area (TPSA) is 149 Å². The average molecular weight is 639 g/mol. The van der Waals surface area contributed by atoms with E-state index in [4.69, 9.17) is 19.1 Å². The van der Waals surface area contributed by atoms with Crippen molar-refractivity contribution in [3.8, 4) is 0 Å². The molecule has 0 aliphatic carbocycles. The molecule has 3 atom stereocenters. The maximum atomic E-state index is 12.4. The molecule has 0 fully saturated rings. The molecule has 10 nitrogen and oxygen atoms in total. The second kappa shape index (κ2) is 29.7. The van der Waals surface area contributed by atoms with Crippen molar-refractivity contribution in [2.24, 2.45) is 0 Å². The van der Waals surface area contributed by atoms with E-state index in [1.165, 1.54) is 77.0 Å². The molecule has 0 saturated heterocycles. The van der Waals surface area contributed by atoms with Crippen LogP contribution in [-0.2, 0) is 32.7 Å². The Hall–Kier alpha value is -1.03. The van der Waals surface area contributed by atoms with Gasteiger partial charge in [0.25, 0.3) is 0 Å². The number of unbranched alkanes of at least 4 members (excludes halogenated alkanes) is 18. The van der Waals surface area contributed by atoms with Gasteiger partial charge >= 0.3 is 19.8 Å². The highest BCUT2D eigenvalue weighted by atomic mass is 31.2. The van der Waals surface area contributed by atoms with Gasteiger partial charge in [-0.1, -0.05) is 129 Å². The van der Waals surface area contributed by atoms with Crippen molar-refractivity contribution in [1.29, 1.82) is 0 Å². The average Bonchev–Trinajstić information content (AvgIpc) is 2.99. The van der Waals surface area contributed by atoms with Gasteiger partial charge in [0.1, 0.15) is 12.7 Å². The third kappa shape index (κ3) is 29.4. The zero-order valence-corrected chi connectivity index (χ0v) is 28.1. The van der Waals surface area contributed by atoms with E-state index in [2.05, 4.69) is 18.4 Å². The van der Waals surface area contributed by atoms with Crippen LogP contribution in [0.3, 0.4) is 0 Å². The van der Waals surface area contributed by atoms with Crippen LogP contribution in [0.4, 0.5) is 0 Å². The predicted octanol–water partition coefficient (Wildman–Crippen LogP) is 7.55. The summed E-state index contributed by atoms with van der Waals surface area (Å²) in [5.74, 6) is -0.938. The molecule has 0 aromatic rings. The summed E-state index contributed by atoms with van der Waals surface area (Å²) < 4.78 is 32.2. The van der Waals surface area contributed by atoms with Crippen LogP contribution in [0.5, 0.6) is 0 Å². The van der Waals surface area contributed by atoms with Crippen LogP contribution < -0.4 is 0 Å². The lowest BCUT2D eigenvalue weighted by Gasteiger charge is -2.20. The second-order valence-corrected chi connectivity index (χ2v) is 13.0. The van der Waals surface area contributed by atoms with E-state index in [0.29, 0.717) is 12.8 Å². The van der Waals surface area contributed by atoms with Crippen molar-refractivity contribution >= 4 is 19.8 Å². The van der Waals surface area contributed by atoms with Gasteiger partial charge in [-0.3, -0.25) is 18.6 Å². The zero-order valence-electron chi connectivity index (χ0n) is 27.2. The number of aliphatic hydroxyl groups is 2. The van der Waals surface area contributed by atoms with Gasteiger partial charge in [0.2, 0.25) is 0 Å². The fourth-order valence-corrected chi connectivity index (χ4v) is 5.37. The zero-order chi connectivity index (χ0) is 32.0. The summed E-state index contributed by atoms with van der Waals surface area (Å²) in [6.07, 6.45) is 21.4. The third-order valence-corrected chi connectivity index (χ3v) is 8.21. The molecule has 0 bridgehead atoms. The number of ether oxygens (including phenoxy) is 2. The van der Waals surface area contributed by atoms with Gasteiger partial charge in [-0.05, 0) is 12.8 Å². The Kier molecular flexibility index (Phi) is 29.0. The van der Waals surface area contributed by atoms with Crippen molar-refractivity contribution in [2.75, 3.05) is 26.4 Å². The number of esters is 2. The van der Waals surface area contributed by atoms with Crippen LogP contribution >= 0.6 is 7.82 Å². The highest BCUT2D eigenvalue weighted by Gasteiger charge is 2.27. The minimum absolute atomic E-state index is 0.190. The number of hydrogen-bond donors (Lipinski definition) is 3. The van der Waals surface area contributed by atoms with Crippen LogP contribution in [-0.4, -0.2) is 65.7 Å². The first-order valence-electron chi connectivity index (χ1n) is 17.0. The molecule has 0 aromatic carbocycles. The Morgan fingerprint density at radius 2 is 1.00 bits per heavy atom. The van der Waals surface area contributed by atoms with Crippen molar-refractivity contribution in [1.82, 2.24) is 0 Å². The van der Waals surface area contributed by atoms with Gasteiger partial charge < -0.3 is 24.6 Å². The number of hydrogen-bond acceptors (Lipinski definition) is 9. The van der Waals surface area contributed by atoms with Crippen LogP contribution in [0.25, 0.3) is 0 Å². The molecule has 0 rings (SSSR count). The molecule has 0 amide bonds. The number of phosphoric acid groups is 1. The fraction of sp³-hybridized carbons (Fsp3) is 0.938. The quantitative estimate of drug-likeness (QED) is 0.0383. The standard InChI is InChI=1S/C32H63O10P/c1-3-5-7-9-10-11-12-13-14-15-16-17-18-19-20-22-24-32(36)42-30(27-39-31(35)23-21-8-6-4-2)28-41-43(37,38)40-26-29(34)25-33/h29-30,33-34H,3-28H2,1-2H3,(H,37,38). The molecule has 0 aliphatic rings. The van der Waals surface area contributed by atoms with E-state index in [9.17, 15) is 24.2 Å². The van der Waals surface area contributed by atoms with Crippen LogP contribution in [0.1, 0.15) is 155 Å². The summed E-state index contributed by atoms with van der Waals surface area (Å²) in [4.78, 5) is 34.3. The van der Waals surface area contributed by atoms with E-state index in [1.807, 2.05) is 0 Å². The highest BCUT2D eigenvalue weighted by Crippen LogP contribution is 2.43. The molecule has 256 valence electrons. The molecule has 3 unspecified atom stereocenters. The highest BCUT2D eigenvalue weighted by molar-refractivity contribution is 7.47. The van der Waals surface area contributed by atoms with E-state index in [-0.39, 0.29) is 19.4 Å². The van der Waals surface area contributed by atoms with E-state index in [0.717, 1.165) is 38.5 Å². The van der Waals surface area contributed by atoms with Gasteiger partial charge in [-0.2, -0.15) is 0 Å². The number of phosphoric ester groups is 1. The van der Waals surface area contributed by atoms with Gasteiger partial charge in [0.05, 0.1) is 19.8 Å². The molecule has 0 aliphatic heterocycles. The normalized spacial score (nSPS) is 14.3. The fourth-order valence-electron chi connectivity index (χ4n) is 4.58. The summed E-state index contributed by atoms with van der Waals surface area (Å²) in [6.45, 7) is 2.23. The summed E-state index contributed by atoms with van der Waals surface area (Å²) in [6, 6.07) is 0. The smallest absolute Gasteiger partial charge is 0.462 e. The third-order valence-electron chi connectivity index (χ3n) is 7.26. The molecule has 0 heterocycles. The van der Waals surface area contributed by atoms with E-state index >= 15 is 0 Å². The second-order valence-electron chi connectivity index (χ2n) is 11.6. The Morgan fingerprint density at radius 3 is 1.47 bits per heavy atom. The summed E-state index contributed by atoms with van der Waals surface area (Å²) in [7, 11) is -4.59. The Bertz CT molecular complexity index is 706. The first-order chi connectivity index (χ1) is 20.7. The Morgan fingerprint density at radius 1 is 0.605 bits per heavy atom. The number of carbonyl (C=O) groups is 2. The molecule has 11 heteroatoms. The lowest BCUT2D eigenvalue weighted by atomic mass is 10.0. The molecule has 0 saturated carbocycles. The lowest BCUT2D eigenvalue weighted by molar-refractivity contribution is -0.161. The van der Waals surface area contributed by atoms with E-state index < -0.39 is 51.8 Å². The number of aliphatic hydroxyl groups excluding tert-OH is 2. The maximum absolute atomic E-state index is 12.4. The summed E-state index contributed by atoms with van der Waals surface area (Å²) in [5.41, 5.74) is 0. The molecule has 3 N–H and O–H groups in total. The molecule has 43 heavy (non-hydrogen) atoms. The van der Waals surface area contributed by atoms with Crippen molar-refractivity contribution in [3.05, 3.63) is 0 Å². The van der Waals surface area contributed by atoms with Crippen molar-refractivity contribution in [3.63, 3.8) is 0 Å². The lowest BCUT2D eigenvalue weighted by Crippen LogP contribution is -2.29. The molecular formula is C32H63O10P. The summed E-state index contributed by atoms with van der Waals surface area (Å²) in [5, 5.41) is 18.1. The minimum atomic E-state index is -4.59. The van der Waals surface area contributed by atoms with Crippen LogP contribution in [0, 0.1) is 0 Å². The van der Waals surface area contributed by atoms with Crippen molar-refractivity contribution in [2.45, 2.75) is 167 Å². The minimum Gasteiger partial charge on any atom is -0.462 e. The van der Waals surface area contributed by atoms with Gasteiger partial charge in [-0.25, -0.2) is 4.57 Å². The molecule has 0 radical (unpaired) electrons. The van der Waals surface area contributed by atoms with Crippen molar-refractivity contribution < 1.29 is 47.8 Å². The number of rotatable bonds is 32. The SMILES string of the molecule is CCCCCCCCCCCCCCCCCCC(=O)OC(COC(=O)CCCCCC)COP(=O)(O)OCC(O)CO. The monoisotopic (exact) mass is 638 g/mol. The van der Waals surface area contributed by atoms with Gasteiger partial charge in [-0.15, -0.1) is 0 Å². The largest absolute Gasteiger partial charge is 0.472 e. The number of carbonyl (C=O) groups excluding carboxylic acids is 2. The Labute approximate surface area is 261 Å². The molecule has 0 spiro atoms. The van der Waals surface area contributed by atoms with E-state index in [1.54, 1.807) is 0 Å². The molecular weight excluding hydrogens is 575 g/mol. The van der Waals surface area contributed by atoms with Crippen LogP contribution in [0.2, 0.25) is 0 Å². The maximum Gasteiger partial charge on any atom is 0.472 e. The van der Waals surface area contributed by atoms with Crippen LogP contribution in [0.15, 0.2) is 0 Å². The first-order valence-corrected chi connectivity index (χ1v) is 18.5. The van der Waals surface area contributed by atoms with Gasteiger partial charge in [0, 0.05) is 12.8 Å². The first kappa shape index (κ1) is 42.0. The predicted molar refractivity (Wildman–Crippen MR) is 169 cm³/mol. The molecule has 0 aromatic heterocycles. The summed E-state index contributed by atoms with van der Waals surface area (Å²) >= 11 is 0. The van der Waals surface area contributed by atoms with Gasteiger partial charge in [0.15, 0.2) is 6.10 Å².